The third kappa shape index (κ3) is 2.12. The van der Waals surface area contributed by atoms with Crippen molar-refractivity contribution in [1.29, 1.82) is 0 Å². The van der Waals surface area contributed by atoms with Crippen molar-refractivity contribution >= 4 is 29.3 Å². The van der Waals surface area contributed by atoms with E-state index in [9.17, 15) is 19.5 Å². The van der Waals surface area contributed by atoms with E-state index in [-0.39, 0.29) is 15.9 Å². The number of hydrogen-bond acceptors (Lipinski definition) is 8. The van der Waals surface area contributed by atoms with Gasteiger partial charge < -0.3 is 25.0 Å². The molecular weight excluding hydrogens is 321 g/mol. The monoisotopic (exact) mass is 333 g/mol. The molecule has 1 unspecified atom stereocenters. The van der Waals surface area contributed by atoms with Crippen molar-refractivity contribution < 1.29 is 24.5 Å². The molecule has 120 valence electrons. The van der Waals surface area contributed by atoms with Crippen molar-refractivity contribution in [2.45, 2.75) is 24.5 Å². The molecule has 2 aromatic rings. The summed E-state index contributed by atoms with van der Waals surface area (Å²) in [6, 6.07) is 0. The summed E-state index contributed by atoms with van der Waals surface area (Å²) in [5, 5.41) is 28.9. The normalized spacial score (nSPS) is 28.4. The minimum Gasteiger partial charge on any atom is -0.394 e. The molecule has 1 saturated heterocycles. The number of imidazole rings is 1. The van der Waals surface area contributed by atoms with Crippen molar-refractivity contribution in [3.63, 3.8) is 0 Å². The van der Waals surface area contributed by atoms with Crippen LogP contribution in [0.3, 0.4) is 0 Å². The minimum absolute atomic E-state index is 0.0150. The average Bonchev–Trinajstić information content (AvgIpc) is 2.97. The summed E-state index contributed by atoms with van der Waals surface area (Å²) in [6.45, 7) is -0.518. The largest absolute Gasteiger partial charge is 0.394 e. The van der Waals surface area contributed by atoms with Gasteiger partial charge in [0.15, 0.2) is 22.2 Å². The number of fused-ring (bicyclic) bond motifs is 1. The van der Waals surface area contributed by atoms with E-state index < -0.39 is 42.7 Å². The molecule has 0 aromatic carbocycles. The van der Waals surface area contributed by atoms with Gasteiger partial charge in [0.1, 0.15) is 18.3 Å². The SMILES string of the molecule is O=c1[nH]c(NF)nc2c1[nH]c(=S)n2C1O[C@H](CO)[C@@H](O)[C@@H]1O. The van der Waals surface area contributed by atoms with Crippen LogP contribution in [-0.2, 0) is 4.74 Å². The Labute approximate surface area is 126 Å². The Balaban J connectivity index is 2.19. The molecule has 4 atom stereocenters. The van der Waals surface area contributed by atoms with E-state index >= 15 is 0 Å². The lowest BCUT2D eigenvalue weighted by atomic mass is 10.1. The summed E-state index contributed by atoms with van der Waals surface area (Å²) < 4.78 is 19.0. The van der Waals surface area contributed by atoms with Crippen LogP contribution in [0, 0.1) is 4.77 Å². The highest BCUT2D eigenvalue weighted by molar-refractivity contribution is 7.71. The molecule has 3 heterocycles. The molecular formula is C10H12FN5O5S. The summed E-state index contributed by atoms with van der Waals surface area (Å²) in [5.41, 5.74) is 0.421. The van der Waals surface area contributed by atoms with Crippen LogP contribution >= 0.6 is 12.2 Å². The zero-order valence-corrected chi connectivity index (χ0v) is 11.7. The maximum absolute atomic E-state index is 12.5. The Morgan fingerprint density at radius 2 is 2.14 bits per heavy atom. The topological polar surface area (TPSA) is 148 Å². The number of nitrogens with one attached hydrogen (secondary N) is 3. The number of anilines is 1. The van der Waals surface area contributed by atoms with E-state index in [1.165, 1.54) is 5.54 Å². The summed E-state index contributed by atoms with van der Waals surface area (Å²) in [4.78, 5) is 20.4. The number of ether oxygens (including phenoxy) is 1. The first-order valence-electron chi connectivity index (χ1n) is 6.21. The van der Waals surface area contributed by atoms with E-state index in [0.717, 1.165) is 4.57 Å². The van der Waals surface area contributed by atoms with Gasteiger partial charge in [-0.2, -0.15) is 10.5 Å². The van der Waals surface area contributed by atoms with Gasteiger partial charge in [0.2, 0.25) is 5.95 Å². The number of rotatable bonds is 3. The number of aromatic nitrogens is 4. The molecule has 1 fully saturated rings. The first kappa shape index (κ1) is 15.1. The Morgan fingerprint density at radius 1 is 1.41 bits per heavy atom. The lowest BCUT2D eigenvalue weighted by Gasteiger charge is -2.16. The van der Waals surface area contributed by atoms with Crippen LogP contribution in [0.1, 0.15) is 6.23 Å². The Hall–Kier alpha value is -1.86. The van der Waals surface area contributed by atoms with E-state index in [1.54, 1.807) is 0 Å². The molecule has 12 heteroatoms. The van der Waals surface area contributed by atoms with E-state index in [2.05, 4.69) is 15.0 Å². The summed E-state index contributed by atoms with van der Waals surface area (Å²) in [5.74, 6) is -0.452. The van der Waals surface area contributed by atoms with Crippen LogP contribution in [0.5, 0.6) is 0 Å². The van der Waals surface area contributed by atoms with Gasteiger partial charge in [-0.25, -0.2) is 0 Å². The molecule has 0 aliphatic carbocycles. The first-order valence-corrected chi connectivity index (χ1v) is 6.62. The van der Waals surface area contributed by atoms with Gasteiger partial charge in [0.05, 0.1) is 6.61 Å². The quantitative estimate of drug-likeness (QED) is 0.300. The van der Waals surface area contributed by atoms with Crippen LogP contribution in [0.2, 0.25) is 0 Å². The average molecular weight is 333 g/mol. The molecule has 2 aromatic heterocycles. The van der Waals surface area contributed by atoms with Crippen molar-refractivity contribution in [1.82, 2.24) is 19.5 Å². The second-order valence-corrected chi connectivity index (χ2v) is 5.12. The Kier molecular flexibility index (Phi) is 3.70. The molecule has 6 N–H and O–H groups in total. The standard InChI is InChI=1S/C10H12FN5O5S/c11-15-9-13-6-3(7(20)14-9)12-10(22)16(6)8-5(19)4(18)2(1-17)21-8/h2,4-5,8,17-19H,1H2,(H,12,22)(H2,13,14,15,20)/t2-,4-,5+,8?/m1/s1. The predicted molar refractivity (Wildman–Crippen MR) is 73.3 cm³/mol. The highest BCUT2D eigenvalue weighted by Crippen LogP contribution is 2.31. The number of aliphatic hydroxyl groups is 3. The summed E-state index contributed by atoms with van der Waals surface area (Å²) in [7, 11) is 0. The van der Waals surface area contributed by atoms with E-state index in [4.69, 9.17) is 22.1 Å². The van der Waals surface area contributed by atoms with Crippen LogP contribution in [-0.4, -0.2) is 59.8 Å². The highest BCUT2D eigenvalue weighted by atomic mass is 32.1. The maximum atomic E-state index is 12.5. The lowest BCUT2D eigenvalue weighted by molar-refractivity contribution is -0.0517. The molecule has 3 rings (SSSR count). The molecule has 0 bridgehead atoms. The second-order valence-electron chi connectivity index (χ2n) is 4.74. The van der Waals surface area contributed by atoms with Gasteiger partial charge in [-0.05, 0) is 12.2 Å². The number of nitrogens with zero attached hydrogens (tertiary/aromatic N) is 2. The molecule has 10 nitrogen and oxygen atoms in total. The smallest absolute Gasteiger partial charge is 0.278 e. The lowest BCUT2D eigenvalue weighted by Crippen LogP contribution is -2.33. The van der Waals surface area contributed by atoms with E-state index in [0.29, 0.717) is 0 Å². The first-order chi connectivity index (χ1) is 10.5. The van der Waals surface area contributed by atoms with Crippen LogP contribution in [0.25, 0.3) is 11.2 Å². The fraction of sp³-hybridized carbons (Fsp3) is 0.500. The van der Waals surface area contributed by atoms with Crippen LogP contribution in [0.4, 0.5) is 10.4 Å². The number of H-pyrrole nitrogens is 2. The van der Waals surface area contributed by atoms with Gasteiger partial charge in [-0.3, -0.25) is 14.3 Å². The molecule has 22 heavy (non-hydrogen) atoms. The number of hydrogen-bond donors (Lipinski definition) is 6. The predicted octanol–water partition coefficient (Wildman–Crippen LogP) is -1.31. The van der Waals surface area contributed by atoms with Crippen molar-refractivity contribution in [3.8, 4) is 0 Å². The number of halogens is 1. The Morgan fingerprint density at radius 3 is 2.73 bits per heavy atom. The van der Waals surface area contributed by atoms with Gasteiger partial charge in [0, 0.05) is 0 Å². The third-order valence-corrected chi connectivity index (χ3v) is 3.74. The highest BCUT2D eigenvalue weighted by Gasteiger charge is 2.44. The van der Waals surface area contributed by atoms with Gasteiger partial charge >= 0.3 is 0 Å². The van der Waals surface area contributed by atoms with E-state index in [1.807, 2.05) is 0 Å². The minimum atomic E-state index is -1.41. The molecule has 1 aliphatic heterocycles. The third-order valence-electron chi connectivity index (χ3n) is 3.44. The molecule has 0 amide bonds. The zero-order valence-electron chi connectivity index (χ0n) is 10.9. The zero-order chi connectivity index (χ0) is 16.0. The van der Waals surface area contributed by atoms with Crippen molar-refractivity contribution in [3.05, 3.63) is 15.1 Å². The maximum Gasteiger partial charge on any atom is 0.278 e. The van der Waals surface area contributed by atoms with Gasteiger partial charge in [0.25, 0.3) is 5.56 Å². The molecule has 0 saturated carbocycles. The fourth-order valence-corrected chi connectivity index (χ4v) is 2.68. The number of aromatic amines is 2. The Bertz CT molecular complexity index is 818. The van der Waals surface area contributed by atoms with Gasteiger partial charge in [-0.15, -0.1) is 4.48 Å². The summed E-state index contributed by atoms with van der Waals surface area (Å²) >= 11 is 5.06. The molecule has 0 spiro atoms. The van der Waals surface area contributed by atoms with Crippen LogP contribution in [0.15, 0.2) is 4.79 Å². The summed E-state index contributed by atoms with van der Waals surface area (Å²) in [6.07, 6.45) is -4.96. The van der Waals surface area contributed by atoms with Crippen molar-refractivity contribution in [2.75, 3.05) is 12.1 Å². The number of aliphatic hydroxyl groups excluding tert-OH is 3. The molecule has 0 radical (unpaired) electrons. The fourth-order valence-electron chi connectivity index (χ4n) is 2.39. The second kappa shape index (κ2) is 5.40. The van der Waals surface area contributed by atoms with Crippen LogP contribution < -0.4 is 11.1 Å². The molecule has 1 aliphatic rings. The van der Waals surface area contributed by atoms with Gasteiger partial charge in [-0.1, -0.05) is 0 Å². The van der Waals surface area contributed by atoms with Crippen molar-refractivity contribution in [2.24, 2.45) is 0 Å².